The molecule has 2 aromatic heterocycles. The van der Waals surface area contributed by atoms with Gasteiger partial charge in [-0.25, -0.2) is 0 Å². The van der Waals surface area contributed by atoms with E-state index in [4.69, 9.17) is 20.3 Å². The molecule has 60 heavy (non-hydrogen) atoms. The van der Waals surface area contributed by atoms with Gasteiger partial charge in [0.2, 0.25) is 11.8 Å². The highest BCUT2D eigenvalue weighted by molar-refractivity contribution is 6.65. The van der Waals surface area contributed by atoms with Crippen molar-refractivity contribution in [3.8, 4) is 0 Å². The van der Waals surface area contributed by atoms with Crippen LogP contribution in [0.2, 0.25) is 0 Å². The molecular formula is C46H66B2N4O8. The van der Waals surface area contributed by atoms with E-state index in [1.54, 1.807) is 0 Å². The molecule has 0 radical (unpaired) electrons. The molecular weight excluding hydrogens is 758 g/mol. The summed E-state index contributed by atoms with van der Waals surface area (Å²) in [6.07, 6.45) is 11.2. The Labute approximate surface area is 354 Å². The number of fused-ring (bicyclic) bond motifs is 10. The van der Waals surface area contributed by atoms with Gasteiger partial charge in [0.15, 0.2) is 0 Å². The average Bonchev–Trinajstić information content (AvgIpc) is 3.63. The molecule has 4 aliphatic carbocycles. The summed E-state index contributed by atoms with van der Waals surface area (Å²) in [6.45, 7) is 21.3. The summed E-state index contributed by atoms with van der Waals surface area (Å²) >= 11 is 0. The molecule has 2 aromatic carbocycles. The topological polar surface area (TPSA) is 217 Å². The van der Waals surface area contributed by atoms with Crippen molar-refractivity contribution in [2.24, 2.45) is 22.7 Å². The number of hydrogen-bond acceptors (Lipinski definition) is 10. The lowest BCUT2D eigenvalue weighted by molar-refractivity contribution is -0.115. The zero-order chi connectivity index (χ0) is 44.0. The lowest BCUT2D eigenvalue weighted by Crippen LogP contribution is -2.44. The predicted octanol–water partition coefficient (Wildman–Crippen LogP) is 7.27. The minimum Gasteiger partial charge on any atom is -0.461 e. The fraction of sp³-hybridized carbons (Fsp3) is 0.609. The van der Waals surface area contributed by atoms with E-state index in [1.165, 1.54) is 45.1 Å². The smallest absolute Gasteiger partial charge is 0.461 e. The Kier molecular flexibility index (Phi) is 11.3. The van der Waals surface area contributed by atoms with E-state index in [0.717, 1.165) is 66.4 Å². The van der Waals surface area contributed by atoms with Gasteiger partial charge in [0, 0.05) is 47.6 Å². The number of nitrogens with one attached hydrogen (secondary N) is 2. The molecule has 324 valence electrons. The van der Waals surface area contributed by atoms with E-state index in [2.05, 4.69) is 66.0 Å². The summed E-state index contributed by atoms with van der Waals surface area (Å²) in [5, 5.41) is 47.8. The number of amides is 2. The zero-order valence-electron chi connectivity index (χ0n) is 37.3. The first-order chi connectivity index (χ1) is 27.9. The second-order valence-electron chi connectivity index (χ2n) is 20.6. The molecule has 10 N–H and O–H groups in total. The summed E-state index contributed by atoms with van der Waals surface area (Å²) in [6, 6.07) is 3.71. The molecule has 2 heterocycles. The Hall–Kier alpha value is -3.97. The van der Waals surface area contributed by atoms with E-state index < -0.39 is 14.2 Å². The van der Waals surface area contributed by atoms with E-state index in [-0.39, 0.29) is 67.6 Å². The Morgan fingerprint density at radius 3 is 1.53 bits per heavy atom. The molecule has 0 bridgehead atoms. The third kappa shape index (κ3) is 7.13. The maximum absolute atomic E-state index is 12.0. The number of carbonyl (C=O) groups excluding carboxylic acids is 2. The molecule has 6 unspecified atom stereocenters. The number of hydrogen-bond donors (Lipinski definition) is 8. The molecule has 2 fully saturated rings. The number of benzene rings is 2. The van der Waals surface area contributed by atoms with Gasteiger partial charge in [-0.3, -0.25) is 9.59 Å². The maximum Gasteiger partial charge on any atom is 0.494 e. The van der Waals surface area contributed by atoms with Crippen LogP contribution in [-0.2, 0) is 20.4 Å². The number of anilines is 4. The van der Waals surface area contributed by atoms with E-state index >= 15 is 0 Å². The maximum atomic E-state index is 12.0. The minimum atomic E-state index is -1.89. The van der Waals surface area contributed by atoms with Crippen molar-refractivity contribution in [2.75, 3.05) is 22.1 Å². The number of nitrogens with two attached hydrogens (primary N) is 2. The molecule has 14 heteroatoms. The second kappa shape index (κ2) is 15.4. The number of carbonyl (C=O) groups is 2. The van der Waals surface area contributed by atoms with Gasteiger partial charge in [0.1, 0.15) is 22.7 Å². The molecule has 4 aromatic rings. The molecule has 4 aliphatic rings. The van der Waals surface area contributed by atoms with Crippen LogP contribution in [0.25, 0.3) is 21.9 Å². The van der Waals surface area contributed by atoms with Crippen LogP contribution >= 0.6 is 0 Å². The lowest BCUT2D eigenvalue weighted by atomic mass is 9.53. The fourth-order valence-corrected chi connectivity index (χ4v) is 12.9. The van der Waals surface area contributed by atoms with E-state index in [1.807, 2.05) is 12.1 Å². The fourth-order valence-electron chi connectivity index (χ4n) is 12.9. The van der Waals surface area contributed by atoms with Gasteiger partial charge in [0.25, 0.3) is 0 Å². The number of nitrogen functional groups attached to an aromatic ring is 2. The lowest BCUT2D eigenvalue weighted by Gasteiger charge is -2.50. The van der Waals surface area contributed by atoms with Gasteiger partial charge in [-0.2, -0.15) is 0 Å². The zero-order valence-corrected chi connectivity index (χ0v) is 37.3. The highest BCUT2D eigenvalue weighted by Gasteiger charge is 2.53. The van der Waals surface area contributed by atoms with Gasteiger partial charge in [-0.05, 0) is 97.0 Å². The molecule has 8 rings (SSSR count). The molecule has 0 saturated heterocycles. The summed E-state index contributed by atoms with van der Waals surface area (Å²) < 4.78 is 12.8. The van der Waals surface area contributed by atoms with Crippen molar-refractivity contribution >= 4 is 81.7 Å². The first kappa shape index (κ1) is 44.1. The Balaban J connectivity index is 0.000000185. The highest BCUT2D eigenvalue weighted by Crippen LogP contribution is 2.61. The van der Waals surface area contributed by atoms with Crippen molar-refractivity contribution in [1.29, 1.82) is 0 Å². The van der Waals surface area contributed by atoms with Crippen LogP contribution in [0.3, 0.4) is 0 Å². The van der Waals surface area contributed by atoms with Gasteiger partial charge in [0.05, 0.1) is 33.7 Å². The third-order valence-corrected chi connectivity index (χ3v) is 15.6. The first-order valence-electron chi connectivity index (χ1n) is 22.0. The monoisotopic (exact) mass is 825 g/mol. The van der Waals surface area contributed by atoms with Crippen LogP contribution in [0.4, 0.5) is 22.7 Å². The minimum absolute atomic E-state index is 0.0205. The van der Waals surface area contributed by atoms with Crippen molar-refractivity contribution in [2.45, 2.75) is 156 Å². The van der Waals surface area contributed by atoms with Crippen molar-refractivity contribution in [3.63, 3.8) is 0 Å². The number of rotatable bonds is 4. The van der Waals surface area contributed by atoms with Crippen LogP contribution < -0.4 is 33.0 Å². The molecule has 6 atom stereocenters. The van der Waals surface area contributed by atoms with Crippen LogP contribution in [-0.4, -0.2) is 46.1 Å². The average molecular weight is 825 g/mol. The number of furan rings is 2. The van der Waals surface area contributed by atoms with Crippen LogP contribution in [0, 0.1) is 22.7 Å². The quantitative estimate of drug-likeness (QED) is 0.0761. The van der Waals surface area contributed by atoms with E-state index in [0.29, 0.717) is 34.4 Å². The summed E-state index contributed by atoms with van der Waals surface area (Å²) in [7, 11) is -3.60. The summed E-state index contributed by atoms with van der Waals surface area (Å²) in [5.41, 5.74) is 17.0. The Morgan fingerprint density at radius 2 is 1.10 bits per heavy atom. The standard InChI is InChI=1S/C25H35BN2O5.C21H31BN2O3/c1-13-8-9-18-24(4,5)10-7-11-25(18,6)19-16-12-17(27-14(2)29)21(28-15(3)30)20(26(31)32)23(16)33-22(13)19;1-11-6-7-14-20(2,3)8-5-9-21(14,4)15-12-10-13(23)17(24)16(22(25)26)19(12)27-18(11)15/h12-13,18,31-32H,7-11H2,1-6H3,(H,27,29)(H,28,30);10-11,14,25-26H,5-9,23-24H2,1-4H3. The SMILES string of the molecule is CC(=O)Nc1cc2c3c(oc2c(B(O)O)c1NC(C)=O)C(C)CCC1C(C)(C)CCCC31C.CC1CCC2C(C)(C)CCCC2(C)c2c1oc1c(B(O)O)c(N)c(N)cc21. The van der Waals surface area contributed by atoms with Crippen LogP contribution in [0.1, 0.15) is 168 Å². The van der Waals surface area contributed by atoms with Crippen LogP contribution in [0.15, 0.2) is 21.0 Å². The van der Waals surface area contributed by atoms with Gasteiger partial charge in [-0.1, -0.05) is 68.2 Å². The molecule has 0 spiro atoms. The largest absolute Gasteiger partial charge is 0.494 e. The van der Waals surface area contributed by atoms with Gasteiger partial charge in [-0.15, -0.1) is 0 Å². The molecule has 2 amide bonds. The van der Waals surface area contributed by atoms with E-state index in [9.17, 15) is 29.7 Å². The first-order valence-corrected chi connectivity index (χ1v) is 22.0. The van der Waals surface area contributed by atoms with Gasteiger partial charge < -0.3 is 51.0 Å². The Bertz CT molecular complexity index is 2350. The van der Waals surface area contributed by atoms with Crippen molar-refractivity contribution in [3.05, 3.63) is 34.8 Å². The summed E-state index contributed by atoms with van der Waals surface area (Å²) in [4.78, 5) is 24.0. The normalized spacial score (nSPS) is 27.8. The van der Waals surface area contributed by atoms with Crippen molar-refractivity contribution in [1.82, 2.24) is 0 Å². The predicted molar refractivity (Wildman–Crippen MR) is 242 cm³/mol. The molecule has 2 saturated carbocycles. The molecule has 0 aliphatic heterocycles. The van der Waals surface area contributed by atoms with Crippen molar-refractivity contribution < 1.29 is 38.5 Å². The summed E-state index contributed by atoms with van der Waals surface area (Å²) in [5.74, 6) is 2.59. The molecule has 12 nitrogen and oxygen atoms in total. The third-order valence-electron chi connectivity index (χ3n) is 15.6. The second-order valence-corrected chi connectivity index (χ2v) is 20.6. The van der Waals surface area contributed by atoms with Crippen LogP contribution in [0.5, 0.6) is 0 Å². The highest BCUT2D eigenvalue weighted by atomic mass is 16.4. The Morgan fingerprint density at radius 1 is 0.667 bits per heavy atom. The van der Waals surface area contributed by atoms with Gasteiger partial charge >= 0.3 is 14.2 Å².